The average molecular weight is 267 g/mol. The Bertz CT molecular complexity index is 653. The first kappa shape index (κ1) is 11.9. The molecule has 2 N–H and O–H groups in total. The van der Waals surface area contributed by atoms with Crippen molar-refractivity contribution in [3.05, 3.63) is 53.6 Å². The highest BCUT2D eigenvalue weighted by atomic mass is 16.5. The molecule has 1 heterocycles. The summed E-state index contributed by atoms with van der Waals surface area (Å²) in [5, 5.41) is 13.2. The van der Waals surface area contributed by atoms with Gasteiger partial charge >= 0.3 is 0 Å². The Kier molecular flexibility index (Phi) is 2.76. The molecule has 0 saturated carbocycles. The lowest BCUT2D eigenvalue weighted by molar-refractivity contribution is 0.125. The van der Waals surface area contributed by atoms with E-state index in [4.69, 9.17) is 4.74 Å². The van der Waals surface area contributed by atoms with Crippen molar-refractivity contribution in [2.24, 2.45) is 0 Å². The molecule has 1 aliphatic heterocycles. The van der Waals surface area contributed by atoms with Gasteiger partial charge in [-0.15, -0.1) is 0 Å². The molecule has 0 radical (unpaired) electrons. The molecule has 4 rings (SSSR count). The van der Waals surface area contributed by atoms with Crippen LogP contribution < -0.4 is 5.32 Å². The maximum Gasteiger partial charge on any atom is 0.0996 e. The number of hydrogen-bond acceptors (Lipinski definition) is 3. The fraction of sp³-hybridized carbons (Fsp3) is 0.294. The summed E-state index contributed by atoms with van der Waals surface area (Å²) in [5.74, 6) is 0. The Labute approximate surface area is 118 Å². The van der Waals surface area contributed by atoms with Crippen LogP contribution in [0.4, 0.5) is 5.69 Å². The summed E-state index contributed by atoms with van der Waals surface area (Å²) in [6.07, 6.45) is 0.575. The third kappa shape index (κ3) is 1.90. The second-order valence-corrected chi connectivity index (χ2v) is 5.56. The lowest BCUT2D eigenvalue weighted by Gasteiger charge is -2.16. The van der Waals surface area contributed by atoms with E-state index in [2.05, 4.69) is 47.8 Å². The molecule has 1 fully saturated rings. The number of nitrogens with one attached hydrogen (secondary N) is 1. The van der Waals surface area contributed by atoms with E-state index in [0.717, 1.165) is 12.1 Å². The summed E-state index contributed by atoms with van der Waals surface area (Å²) in [7, 11) is 0. The lowest BCUT2D eigenvalue weighted by Crippen LogP contribution is -2.31. The Morgan fingerprint density at radius 1 is 1.00 bits per heavy atom. The summed E-state index contributed by atoms with van der Waals surface area (Å²) in [6, 6.07) is 15.0. The molecule has 102 valence electrons. The SMILES string of the molecule is OC1COCC1Nc1ccc2c(c1)Cc1ccccc1-2. The minimum Gasteiger partial charge on any atom is -0.388 e. The molecule has 0 aromatic heterocycles. The molecule has 2 aliphatic rings. The molecular weight excluding hydrogens is 250 g/mol. The van der Waals surface area contributed by atoms with Gasteiger partial charge in [0.05, 0.1) is 25.4 Å². The van der Waals surface area contributed by atoms with Gasteiger partial charge in [-0.25, -0.2) is 0 Å². The van der Waals surface area contributed by atoms with Crippen molar-refractivity contribution in [3.63, 3.8) is 0 Å². The van der Waals surface area contributed by atoms with E-state index in [0.29, 0.717) is 13.2 Å². The van der Waals surface area contributed by atoms with Crippen LogP contribution in [0.25, 0.3) is 11.1 Å². The van der Waals surface area contributed by atoms with E-state index < -0.39 is 6.10 Å². The zero-order chi connectivity index (χ0) is 13.5. The van der Waals surface area contributed by atoms with E-state index >= 15 is 0 Å². The van der Waals surface area contributed by atoms with Crippen LogP contribution in [0.3, 0.4) is 0 Å². The Morgan fingerprint density at radius 2 is 1.85 bits per heavy atom. The van der Waals surface area contributed by atoms with Crippen LogP contribution in [-0.4, -0.2) is 30.5 Å². The molecule has 2 aromatic carbocycles. The summed E-state index contributed by atoms with van der Waals surface area (Å²) >= 11 is 0. The second kappa shape index (κ2) is 4.62. The quantitative estimate of drug-likeness (QED) is 0.749. The Hall–Kier alpha value is -1.84. The van der Waals surface area contributed by atoms with Crippen LogP contribution in [0.1, 0.15) is 11.1 Å². The monoisotopic (exact) mass is 267 g/mol. The van der Waals surface area contributed by atoms with Crippen LogP contribution in [0.5, 0.6) is 0 Å². The van der Waals surface area contributed by atoms with Crippen molar-refractivity contribution in [2.45, 2.75) is 18.6 Å². The normalized spacial score (nSPS) is 23.4. The van der Waals surface area contributed by atoms with Gasteiger partial charge in [0, 0.05) is 5.69 Å². The Morgan fingerprint density at radius 3 is 2.70 bits per heavy atom. The largest absolute Gasteiger partial charge is 0.388 e. The molecule has 2 atom stereocenters. The molecule has 2 unspecified atom stereocenters. The number of aliphatic hydroxyl groups excluding tert-OH is 1. The molecule has 3 nitrogen and oxygen atoms in total. The molecule has 0 bridgehead atoms. The number of rotatable bonds is 2. The van der Waals surface area contributed by atoms with Crippen molar-refractivity contribution in [1.82, 2.24) is 0 Å². The lowest BCUT2D eigenvalue weighted by atomic mass is 10.1. The zero-order valence-electron chi connectivity index (χ0n) is 11.2. The number of anilines is 1. The van der Waals surface area contributed by atoms with Gasteiger partial charge in [0.2, 0.25) is 0 Å². The first-order valence-electron chi connectivity index (χ1n) is 7.05. The van der Waals surface area contributed by atoms with Crippen molar-refractivity contribution in [3.8, 4) is 11.1 Å². The molecule has 2 aromatic rings. The van der Waals surface area contributed by atoms with E-state index in [1.165, 1.54) is 22.3 Å². The first-order valence-corrected chi connectivity index (χ1v) is 7.05. The van der Waals surface area contributed by atoms with Gasteiger partial charge in [-0.3, -0.25) is 0 Å². The van der Waals surface area contributed by atoms with E-state index in [9.17, 15) is 5.11 Å². The highest BCUT2D eigenvalue weighted by molar-refractivity contribution is 5.78. The van der Waals surface area contributed by atoms with Crippen molar-refractivity contribution in [2.75, 3.05) is 18.5 Å². The van der Waals surface area contributed by atoms with Gasteiger partial charge in [0.25, 0.3) is 0 Å². The molecule has 20 heavy (non-hydrogen) atoms. The number of fused-ring (bicyclic) bond motifs is 3. The van der Waals surface area contributed by atoms with Crippen molar-refractivity contribution in [1.29, 1.82) is 0 Å². The van der Waals surface area contributed by atoms with Gasteiger partial charge < -0.3 is 15.2 Å². The molecule has 0 spiro atoms. The molecule has 1 aliphatic carbocycles. The van der Waals surface area contributed by atoms with Gasteiger partial charge in [-0.1, -0.05) is 30.3 Å². The van der Waals surface area contributed by atoms with Crippen LogP contribution in [0, 0.1) is 0 Å². The minimum absolute atomic E-state index is 0.00294. The highest BCUT2D eigenvalue weighted by Gasteiger charge is 2.26. The fourth-order valence-electron chi connectivity index (χ4n) is 3.13. The number of benzene rings is 2. The van der Waals surface area contributed by atoms with Gasteiger partial charge in [-0.2, -0.15) is 0 Å². The van der Waals surface area contributed by atoms with Crippen molar-refractivity contribution >= 4 is 5.69 Å². The summed E-state index contributed by atoms with van der Waals surface area (Å²) in [4.78, 5) is 0. The fourth-order valence-corrected chi connectivity index (χ4v) is 3.13. The molecule has 1 saturated heterocycles. The number of ether oxygens (including phenoxy) is 1. The zero-order valence-corrected chi connectivity index (χ0v) is 11.2. The summed E-state index contributed by atoms with van der Waals surface area (Å²) in [5.41, 5.74) is 6.48. The van der Waals surface area contributed by atoms with E-state index in [1.807, 2.05) is 0 Å². The maximum atomic E-state index is 9.80. The van der Waals surface area contributed by atoms with E-state index in [1.54, 1.807) is 0 Å². The van der Waals surface area contributed by atoms with Crippen LogP contribution in [0.15, 0.2) is 42.5 Å². The maximum absolute atomic E-state index is 9.80. The standard InChI is InChI=1S/C17H17NO2/c19-17-10-20-9-16(17)18-13-5-6-15-12(8-13)7-11-3-1-2-4-14(11)15/h1-6,8,16-19H,7,9-10H2. The minimum atomic E-state index is -0.416. The molecular formula is C17H17NO2. The molecule has 3 heteroatoms. The smallest absolute Gasteiger partial charge is 0.0996 e. The second-order valence-electron chi connectivity index (χ2n) is 5.56. The van der Waals surface area contributed by atoms with Crippen LogP contribution in [0.2, 0.25) is 0 Å². The first-order chi connectivity index (χ1) is 9.81. The third-order valence-electron chi connectivity index (χ3n) is 4.20. The molecule has 0 amide bonds. The van der Waals surface area contributed by atoms with Gasteiger partial charge in [0.1, 0.15) is 0 Å². The Balaban J connectivity index is 1.62. The highest BCUT2D eigenvalue weighted by Crippen LogP contribution is 2.37. The number of hydrogen-bond donors (Lipinski definition) is 2. The predicted octanol–water partition coefficient (Wildman–Crippen LogP) is 2.43. The topological polar surface area (TPSA) is 41.5 Å². The average Bonchev–Trinajstić information content (AvgIpc) is 3.02. The van der Waals surface area contributed by atoms with Crippen molar-refractivity contribution < 1.29 is 9.84 Å². The number of aliphatic hydroxyl groups is 1. The van der Waals surface area contributed by atoms with Gasteiger partial charge in [-0.05, 0) is 40.8 Å². The summed E-state index contributed by atoms with van der Waals surface area (Å²) < 4.78 is 5.27. The van der Waals surface area contributed by atoms with E-state index in [-0.39, 0.29) is 6.04 Å². The van der Waals surface area contributed by atoms with Crippen LogP contribution >= 0.6 is 0 Å². The predicted molar refractivity (Wildman–Crippen MR) is 78.9 cm³/mol. The third-order valence-corrected chi connectivity index (χ3v) is 4.20. The van der Waals surface area contributed by atoms with Crippen LogP contribution in [-0.2, 0) is 11.2 Å². The van der Waals surface area contributed by atoms with Gasteiger partial charge in [0.15, 0.2) is 0 Å². The summed E-state index contributed by atoms with van der Waals surface area (Å²) in [6.45, 7) is 0.993.